The van der Waals surface area contributed by atoms with Crippen LogP contribution in [0.15, 0.2) is 35.2 Å². The van der Waals surface area contributed by atoms with Gasteiger partial charge in [-0.3, -0.25) is 4.79 Å². The molecule has 0 bridgehead atoms. The molecule has 7 nitrogen and oxygen atoms in total. The second-order valence-electron chi connectivity index (χ2n) is 6.42. The van der Waals surface area contributed by atoms with Gasteiger partial charge in [0.1, 0.15) is 6.04 Å². The normalized spacial score (nSPS) is 24.9. The molecular formula is C17H26N2O5S. The van der Waals surface area contributed by atoms with Crippen LogP contribution in [0, 0.1) is 5.92 Å². The Hall–Kier alpha value is -1.48. The van der Waals surface area contributed by atoms with Crippen molar-refractivity contribution in [3.05, 3.63) is 30.3 Å². The quantitative estimate of drug-likeness (QED) is 0.745. The highest BCUT2D eigenvalue weighted by Crippen LogP contribution is 2.24. The average molecular weight is 370 g/mol. The van der Waals surface area contributed by atoms with Gasteiger partial charge in [0, 0.05) is 13.0 Å². The highest BCUT2D eigenvalue weighted by Gasteiger charge is 2.40. The van der Waals surface area contributed by atoms with E-state index < -0.39 is 28.4 Å². The van der Waals surface area contributed by atoms with Gasteiger partial charge in [0.25, 0.3) is 0 Å². The van der Waals surface area contributed by atoms with Gasteiger partial charge in [-0.2, -0.15) is 4.72 Å². The zero-order valence-corrected chi connectivity index (χ0v) is 15.6. The first-order valence-electron chi connectivity index (χ1n) is 8.41. The molecule has 4 unspecified atom stereocenters. The third kappa shape index (κ3) is 4.58. The van der Waals surface area contributed by atoms with E-state index in [1.807, 2.05) is 13.8 Å². The molecule has 140 valence electrons. The van der Waals surface area contributed by atoms with E-state index in [1.54, 1.807) is 25.2 Å². The lowest BCUT2D eigenvalue weighted by atomic mass is 10.0. The molecule has 2 rings (SSSR count). The summed E-state index contributed by atoms with van der Waals surface area (Å²) in [6.07, 6.45) is -0.0503. The summed E-state index contributed by atoms with van der Waals surface area (Å²) in [6.45, 7) is 4.12. The Morgan fingerprint density at radius 3 is 2.56 bits per heavy atom. The van der Waals surface area contributed by atoms with E-state index in [9.17, 15) is 18.3 Å². The molecule has 8 heteroatoms. The molecule has 0 aliphatic carbocycles. The van der Waals surface area contributed by atoms with E-state index in [0.29, 0.717) is 19.4 Å². The van der Waals surface area contributed by atoms with Gasteiger partial charge in [0.15, 0.2) is 6.29 Å². The molecule has 0 saturated carbocycles. The van der Waals surface area contributed by atoms with Crippen molar-refractivity contribution in [2.45, 2.75) is 50.0 Å². The molecule has 2 N–H and O–H groups in total. The number of carbonyl (C=O) groups excluding carboxylic acids is 1. The van der Waals surface area contributed by atoms with Crippen LogP contribution in [0.4, 0.5) is 0 Å². The largest absolute Gasteiger partial charge is 0.366 e. The Morgan fingerprint density at radius 1 is 1.40 bits per heavy atom. The van der Waals surface area contributed by atoms with Gasteiger partial charge in [-0.1, -0.05) is 38.5 Å². The Morgan fingerprint density at radius 2 is 2.04 bits per heavy atom. The molecule has 1 aliphatic heterocycles. The number of rotatable bonds is 7. The SMILES string of the molecule is CCCC(NS(=O)(=O)c1ccccc1)C(=O)N(C)C1C(C)COC1O. The van der Waals surface area contributed by atoms with Crippen molar-refractivity contribution in [1.82, 2.24) is 9.62 Å². The van der Waals surface area contributed by atoms with E-state index >= 15 is 0 Å². The fourth-order valence-corrected chi connectivity index (χ4v) is 4.32. The molecule has 0 radical (unpaired) electrons. The molecular weight excluding hydrogens is 344 g/mol. The van der Waals surface area contributed by atoms with Crippen LogP contribution in [0.25, 0.3) is 0 Å². The first-order valence-corrected chi connectivity index (χ1v) is 9.90. The number of aliphatic hydroxyl groups excluding tert-OH is 1. The molecule has 1 saturated heterocycles. The lowest BCUT2D eigenvalue weighted by molar-refractivity contribution is -0.143. The van der Waals surface area contributed by atoms with E-state index in [0.717, 1.165) is 0 Å². The number of sulfonamides is 1. The molecule has 4 atom stereocenters. The topological polar surface area (TPSA) is 95.9 Å². The van der Waals surface area contributed by atoms with Gasteiger partial charge in [0.2, 0.25) is 15.9 Å². The molecule has 0 spiro atoms. The molecule has 1 heterocycles. The number of nitrogens with zero attached hydrogens (tertiary/aromatic N) is 1. The number of aliphatic hydroxyl groups is 1. The van der Waals surface area contributed by atoms with Crippen molar-refractivity contribution in [3.63, 3.8) is 0 Å². The standard InChI is InChI=1S/C17H26N2O5S/c1-4-8-14(18-25(22,23)13-9-6-5-7-10-13)16(20)19(3)15-12(2)11-24-17(15)21/h5-7,9-10,12,14-15,17-18,21H,4,8,11H2,1-3H3. The number of hydrogen-bond donors (Lipinski definition) is 2. The van der Waals surface area contributed by atoms with Crippen molar-refractivity contribution in [2.75, 3.05) is 13.7 Å². The van der Waals surface area contributed by atoms with Gasteiger partial charge >= 0.3 is 0 Å². The predicted octanol–water partition coefficient (Wildman–Crippen LogP) is 0.945. The summed E-state index contributed by atoms with van der Waals surface area (Å²) in [5.41, 5.74) is 0. The first-order chi connectivity index (χ1) is 11.8. The van der Waals surface area contributed by atoms with Gasteiger partial charge in [-0.15, -0.1) is 0 Å². The van der Waals surface area contributed by atoms with Crippen LogP contribution in [0.3, 0.4) is 0 Å². The Labute approximate surface area is 149 Å². The molecule has 25 heavy (non-hydrogen) atoms. The van der Waals surface area contributed by atoms with Crippen molar-refractivity contribution in [2.24, 2.45) is 5.92 Å². The number of benzene rings is 1. The summed E-state index contributed by atoms with van der Waals surface area (Å²) >= 11 is 0. The number of nitrogens with one attached hydrogen (secondary N) is 1. The Bertz CT molecular complexity index is 670. The molecule has 1 fully saturated rings. The second kappa shape index (κ2) is 8.27. The molecule has 1 aromatic rings. The number of hydrogen-bond acceptors (Lipinski definition) is 5. The average Bonchev–Trinajstić information content (AvgIpc) is 2.92. The molecule has 1 aromatic carbocycles. The van der Waals surface area contributed by atoms with E-state index in [1.165, 1.54) is 17.0 Å². The van der Waals surface area contributed by atoms with E-state index in [-0.39, 0.29) is 16.7 Å². The summed E-state index contributed by atoms with van der Waals surface area (Å²) in [5.74, 6) is -0.403. The zero-order chi connectivity index (χ0) is 18.6. The van der Waals surface area contributed by atoms with Crippen LogP contribution in [0.5, 0.6) is 0 Å². The Balaban J connectivity index is 2.18. The minimum Gasteiger partial charge on any atom is -0.366 e. The lowest BCUT2D eigenvalue weighted by Crippen LogP contribution is -2.53. The zero-order valence-electron chi connectivity index (χ0n) is 14.8. The van der Waals surface area contributed by atoms with Crippen LogP contribution in [-0.2, 0) is 19.6 Å². The van der Waals surface area contributed by atoms with Crippen LogP contribution in [-0.4, -0.2) is 56.4 Å². The van der Waals surface area contributed by atoms with Crippen LogP contribution >= 0.6 is 0 Å². The number of ether oxygens (including phenoxy) is 1. The number of likely N-dealkylation sites (N-methyl/N-ethyl adjacent to an activating group) is 1. The highest BCUT2D eigenvalue weighted by atomic mass is 32.2. The first kappa shape index (κ1) is 19.8. The molecule has 1 aliphatic rings. The summed E-state index contributed by atoms with van der Waals surface area (Å²) < 4.78 is 32.8. The van der Waals surface area contributed by atoms with Crippen molar-refractivity contribution >= 4 is 15.9 Å². The van der Waals surface area contributed by atoms with Crippen molar-refractivity contribution in [3.8, 4) is 0 Å². The lowest BCUT2D eigenvalue weighted by Gasteiger charge is -2.32. The summed E-state index contributed by atoms with van der Waals surface area (Å²) in [7, 11) is -2.23. The summed E-state index contributed by atoms with van der Waals surface area (Å²) in [6, 6.07) is 6.57. The molecule has 1 amide bonds. The minimum atomic E-state index is -3.80. The number of carbonyl (C=O) groups is 1. The minimum absolute atomic E-state index is 0.0306. The third-order valence-electron chi connectivity index (χ3n) is 4.43. The smallest absolute Gasteiger partial charge is 0.241 e. The number of amides is 1. The predicted molar refractivity (Wildman–Crippen MR) is 93.1 cm³/mol. The van der Waals surface area contributed by atoms with E-state index in [2.05, 4.69) is 4.72 Å². The highest BCUT2D eigenvalue weighted by molar-refractivity contribution is 7.89. The second-order valence-corrected chi connectivity index (χ2v) is 8.13. The van der Waals surface area contributed by atoms with Crippen LogP contribution in [0.2, 0.25) is 0 Å². The van der Waals surface area contributed by atoms with Gasteiger partial charge in [0.05, 0.1) is 17.5 Å². The summed E-state index contributed by atoms with van der Waals surface area (Å²) in [4.78, 5) is 14.4. The van der Waals surface area contributed by atoms with Gasteiger partial charge in [-0.05, 0) is 18.6 Å². The fraction of sp³-hybridized carbons (Fsp3) is 0.588. The maximum Gasteiger partial charge on any atom is 0.241 e. The van der Waals surface area contributed by atoms with E-state index in [4.69, 9.17) is 4.74 Å². The monoisotopic (exact) mass is 370 g/mol. The van der Waals surface area contributed by atoms with Gasteiger partial charge < -0.3 is 14.7 Å². The van der Waals surface area contributed by atoms with Crippen molar-refractivity contribution in [1.29, 1.82) is 0 Å². The maximum atomic E-state index is 12.9. The van der Waals surface area contributed by atoms with Crippen molar-refractivity contribution < 1.29 is 23.1 Å². The third-order valence-corrected chi connectivity index (χ3v) is 5.91. The van der Waals surface area contributed by atoms with Gasteiger partial charge in [-0.25, -0.2) is 8.42 Å². The van der Waals surface area contributed by atoms with Crippen LogP contribution < -0.4 is 4.72 Å². The maximum absolute atomic E-state index is 12.9. The van der Waals surface area contributed by atoms with Crippen LogP contribution in [0.1, 0.15) is 26.7 Å². The Kier molecular flexibility index (Phi) is 6.56. The summed E-state index contributed by atoms with van der Waals surface area (Å²) in [5, 5.41) is 9.95. The molecule has 0 aromatic heterocycles. The fourth-order valence-electron chi connectivity index (χ4n) is 3.07.